The van der Waals surface area contributed by atoms with Gasteiger partial charge in [0.05, 0.1) is 5.92 Å². The van der Waals surface area contributed by atoms with Gasteiger partial charge in [0.15, 0.2) is 0 Å². The lowest BCUT2D eigenvalue weighted by Gasteiger charge is -2.36. The summed E-state index contributed by atoms with van der Waals surface area (Å²) in [6.07, 6.45) is 0.707. The second kappa shape index (κ2) is 4.33. The Hall–Kier alpha value is -1.03. The van der Waals surface area contributed by atoms with Crippen molar-refractivity contribution in [2.24, 2.45) is 5.92 Å². The normalized spacial score (nSPS) is 22.8. The molecule has 0 aromatic heterocycles. The third kappa shape index (κ3) is 2.18. The van der Waals surface area contributed by atoms with Crippen LogP contribution in [-0.2, 0) is 4.79 Å². The zero-order valence-electron chi connectivity index (χ0n) is 9.98. The summed E-state index contributed by atoms with van der Waals surface area (Å²) < 4.78 is 1.04. The molecule has 2 rings (SSSR count). The van der Waals surface area contributed by atoms with Crippen LogP contribution in [0.25, 0.3) is 0 Å². The number of carboxylic acids is 1. The molecule has 3 nitrogen and oxygen atoms in total. The van der Waals surface area contributed by atoms with Gasteiger partial charge in [-0.1, -0.05) is 15.9 Å². The summed E-state index contributed by atoms with van der Waals surface area (Å²) in [5, 5.41) is 9.22. The molecule has 0 amide bonds. The topological polar surface area (TPSA) is 40.5 Å². The Morgan fingerprint density at radius 2 is 2.00 bits per heavy atom. The van der Waals surface area contributed by atoms with Gasteiger partial charge in [-0.05, 0) is 44.5 Å². The number of hydrogen-bond donors (Lipinski definition) is 1. The van der Waals surface area contributed by atoms with Gasteiger partial charge in [-0.25, -0.2) is 0 Å². The lowest BCUT2D eigenvalue weighted by molar-refractivity contribution is -0.142. The fourth-order valence-electron chi connectivity index (χ4n) is 2.60. The van der Waals surface area contributed by atoms with Crippen molar-refractivity contribution in [3.05, 3.63) is 28.7 Å². The predicted molar refractivity (Wildman–Crippen MR) is 71.3 cm³/mol. The number of anilines is 1. The van der Waals surface area contributed by atoms with Gasteiger partial charge >= 0.3 is 5.97 Å². The van der Waals surface area contributed by atoms with E-state index in [2.05, 4.69) is 20.8 Å². The van der Waals surface area contributed by atoms with Crippen molar-refractivity contribution in [2.45, 2.75) is 25.8 Å². The summed E-state index contributed by atoms with van der Waals surface area (Å²) in [5.41, 5.74) is 0.751. The molecule has 17 heavy (non-hydrogen) atoms. The summed E-state index contributed by atoms with van der Waals surface area (Å²) in [7, 11) is 0. The van der Waals surface area contributed by atoms with Crippen molar-refractivity contribution < 1.29 is 9.90 Å². The third-order valence-corrected chi connectivity index (χ3v) is 4.15. The first-order chi connectivity index (χ1) is 7.93. The zero-order valence-corrected chi connectivity index (χ0v) is 11.6. The number of halogens is 1. The highest BCUT2D eigenvalue weighted by atomic mass is 79.9. The molecule has 4 heteroatoms. The molecular weight excluding hydrogens is 282 g/mol. The van der Waals surface area contributed by atoms with Crippen LogP contribution in [0.2, 0.25) is 0 Å². The fourth-order valence-corrected chi connectivity index (χ4v) is 2.86. The Bertz CT molecular complexity index is 428. The average molecular weight is 298 g/mol. The zero-order chi connectivity index (χ0) is 12.6. The van der Waals surface area contributed by atoms with Gasteiger partial charge in [-0.3, -0.25) is 4.79 Å². The van der Waals surface area contributed by atoms with E-state index < -0.39 is 5.97 Å². The van der Waals surface area contributed by atoms with Crippen molar-refractivity contribution in [3.8, 4) is 0 Å². The molecule has 0 saturated carbocycles. The predicted octanol–water partition coefficient (Wildman–Crippen LogP) is 3.14. The van der Waals surface area contributed by atoms with E-state index in [0.29, 0.717) is 6.42 Å². The maximum Gasteiger partial charge on any atom is 0.308 e. The van der Waals surface area contributed by atoms with E-state index in [9.17, 15) is 9.90 Å². The van der Waals surface area contributed by atoms with Crippen molar-refractivity contribution >= 4 is 27.6 Å². The number of rotatable bonds is 2. The molecule has 1 aromatic carbocycles. The minimum atomic E-state index is -0.699. The van der Waals surface area contributed by atoms with Gasteiger partial charge in [-0.15, -0.1) is 0 Å². The van der Waals surface area contributed by atoms with Crippen LogP contribution >= 0.6 is 15.9 Å². The number of nitrogens with zero attached hydrogens (tertiary/aromatic N) is 1. The minimum Gasteiger partial charge on any atom is -0.481 e. The Kier molecular flexibility index (Phi) is 3.17. The average Bonchev–Trinajstić information content (AvgIpc) is 2.55. The molecule has 1 aliphatic heterocycles. The number of aliphatic carboxylic acids is 1. The standard InChI is InChI=1S/C13H16BrNO2/c1-13(2)11(12(16)17)7-8-15(13)10-5-3-9(14)4-6-10/h3-6,11H,7-8H2,1-2H3,(H,16,17). The highest BCUT2D eigenvalue weighted by Gasteiger charge is 2.45. The summed E-state index contributed by atoms with van der Waals surface area (Å²) in [6, 6.07) is 8.02. The maximum atomic E-state index is 11.2. The van der Waals surface area contributed by atoms with Crippen molar-refractivity contribution in [1.29, 1.82) is 0 Å². The molecule has 1 atom stereocenters. The molecule has 1 aliphatic rings. The molecule has 0 aliphatic carbocycles. The molecule has 1 fully saturated rings. The van der Waals surface area contributed by atoms with Crippen LogP contribution in [0.4, 0.5) is 5.69 Å². The molecule has 1 aromatic rings. The first-order valence-corrected chi connectivity index (χ1v) is 6.48. The Morgan fingerprint density at radius 3 is 2.47 bits per heavy atom. The van der Waals surface area contributed by atoms with Crippen LogP contribution < -0.4 is 4.90 Å². The van der Waals surface area contributed by atoms with Crippen molar-refractivity contribution in [1.82, 2.24) is 0 Å². The molecule has 1 unspecified atom stereocenters. The maximum absolute atomic E-state index is 11.2. The van der Waals surface area contributed by atoms with Gasteiger partial charge < -0.3 is 10.0 Å². The molecule has 1 N–H and O–H groups in total. The van der Waals surface area contributed by atoms with E-state index in [0.717, 1.165) is 16.7 Å². The summed E-state index contributed by atoms with van der Waals surface area (Å²) in [4.78, 5) is 13.4. The van der Waals surface area contributed by atoms with Gasteiger partial charge in [0.2, 0.25) is 0 Å². The number of carbonyl (C=O) groups is 1. The third-order valence-electron chi connectivity index (χ3n) is 3.63. The highest BCUT2D eigenvalue weighted by molar-refractivity contribution is 9.10. The quantitative estimate of drug-likeness (QED) is 0.912. The minimum absolute atomic E-state index is 0.300. The van der Waals surface area contributed by atoms with Crippen LogP contribution in [0.5, 0.6) is 0 Å². The van der Waals surface area contributed by atoms with Crippen LogP contribution in [0.3, 0.4) is 0 Å². The smallest absolute Gasteiger partial charge is 0.308 e. The van der Waals surface area contributed by atoms with Crippen LogP contribution in [0, 0.1) is 5.92 Å². The molecule has 1 saturated heterocycles. The summed E-state index contributed by atoms with van der Waals surface area (Å²) in [6.45, 7) is 4.80. The lowest BCUT2D eigenvalue weighted by atomic mass is 9.88. The van der Waals surface area contributed by atoms with Gasteiger partial charge in [0.25, 0.3) is 0 Å². The second-order valence-electron chi connectivity index (χ2n) is 4.96. The molecule has 0 spiro atoms. The Balaban J connectivity index is 2.29. The highest BCUT2D eigenvalue weighted by Crippen LogP contribution is 2.38. The van der Waals surface area contributed by atoms with Crippen molar-refractivity contribution in [2.75, 3.05) is 11.4 Å². The fraction of sp³-hybridized carbons (Fsp3) is 0.462. The first-order valence-electron chi connectivity index (χ1n) is 5.69. The summed E-state index contributed by atoms with van der Waals surface area (Å²) >= 11 is 3.41. The number of benzene rings is 1. The van der Waals surface area contributed by atoms with Crippen LogP contribution in [0.1, 0.15) is 20.3 Å². The molecule has 0 bridgehead atoms. The molecular formula is C13H16BrNO2. The second-order valence-corrected chi connectivity index (χ2v) is 5.88. The lowest BCUT2D eigenvalue weighted by Crippen LogP contribution is -2.45. The molecule has 1 heterocycles. The van der Waals surface area contributed by atoms with E-state index in [1.165, 1.54) is 0 Å². The SMILES string of the molecule is CC1(C)C(C(=O)O)CCN1c1ccc(Br)cc1. The van der Waals surface area contributed by atoms with E-state index in [1.807, 2.05) is 38.1 Å². The summed E-state index contributed by atoms with van der Waals surface area (Å²) in [5.74, 6) is -0.999. The van der Waals surface area contributed by atoms with Crippen molar-refractivity contribution in [3.63, 3.8) is 0 Å². The molecule has 92 valence electrons. The number of carboxylic acid groups (broad SMARTS) is 1. The largest absolute Gasteiger partial charge is 0.481 e. The first kappa shape index (κ1) is 12.4. The Labute approximate surface area is 110 Å². The van der Waals surface area contributed by atoms with E-state index in [1.54, 1.807) is 0 Å². The van der Waals surface area contributed by atoms with E-state index in [-0.39, 0.29) is 11.5 Å². The van der Waals surface area contributed by atoms with Crippen LogP contribution in [-0.4, -0.2) is 23.2 Å². The van der Waals surface area contributed by atoms with Gasteiger partial charge in [-0.2, -0.15) is 0 Å². The van der Waals surface area contributed by atoms with E-state index in [4.69, 9.17) is 0 Å². The van der Waals surface area contributed by atoms with Crippen LogP contribution in [0.15, 0.2) is 28.7 Å². The monoisotopic (exact) mass is 297 g/mol. The van der Waals surface area contributed by atoms with E-state index >= 15 is 0 Å². The number of hydrogen-bond acceptors (Lipinski definition) is 2. The van der Waals surface area contributed by atoms with Gasteiger partial charge in [0, 0.05) is 22.2 Å². The molecule has 0 radical (unpaired) electrons. The Morgan fingerprint density at radius 1 is 1.41 bits per heavy atom. The van der Waals surface area contributed by atoms with Gasteiger partial charge in [0.1, 0.15) is 0 Å².